The highest BCUT2D eigenvalue weighted by molar-refractivity contribution is 5.73. The van der Waals surface area contributed by atoms with Crippen LogP contribution in [0.15, 0.2) is 12.2 Å². The predicted molar refractivity (Wildman–Crippen MR) is 38.5 cm³/mol. The zero-order chi connectivity index (χ0) is 7.56. The van der Waals surface area contributed by atoms with Crippen molar-refractivity contribution >= 4 is 5.97 Å². The standard InChI is InChI=1S/C8H12O2/c1-6-3-4-7(5-6)8(9)10-2/h7H,1,3-5H2,2H3/t7-/m1/s1. The van der Waals surface area contributed by atoms with Gasteiger partial charge in [-0.3, -0.25) is 4.79 Å². The van der Waals surface area contributed by atoms with Crippen LogP contribution in [0.3, 0.4) is 0 Å². The van der Waals surface area contributed by atoms with Crippen LogP contribution in [0.25, 0.3) is 0 Å². The molecule has 0 radical (unpaired) electrons. The molecule has 1 aliphatic rings. The quantitative estimate of drug-likeness (QED) is 0.407. The first-order valence-corrected chi connectivity index (χ1v) is 3.48. The molecule has 1 fully saturated rings. The van der Waals surface area contributed by atoms with Crippen molar-refractivity contribution in [2.24, 2.45) is 5.92 Å². The molecule has 0 bridgehead atoms. The molecular weight excluding hydrogens is 128 g/mol. The number of carbonyl (C=O) groups excluding carboxylic acids is 1. The molecule has 2 heteroatoms. The highest BCUT2D eigenvalue weighted by atomic mass is 16.5. The van der Waals surface area contributed by atoms with Crippen molar-refractivity contribution in [3.63, 3.8) is 0 Å². The summed E-state index contributed by atoms with van der Waals surface area (Å²) in [6, 6.07) is 0. The molecule has 1 saturated carbocycles. The van der Waals surface area contributed by atoms with Gasteiger partial charge in [-0.15, -0.1) is 0 Å². The number of esters is 1. The SMILES string of the molecule is C=C1CC[C@@H](C(=O)OC)C1. The lowest BCUT2D eigenvalue weighted by molar-refractivity contribution is -0.145. The highest BCUT2D eigenvalue weighted by Gasteiger charge is 2.25. The van der Waals surface area contributed by atoms with Crippen LogP contribution in [0, 0.1) is 5.92 Å². The third-order valence-corrected chi connectivity index (χ3v) is 1.92. The molecule has 0 unspecified atom stereocenters. The largest absolute Gasteiger partial charge is 0.469 e. The summed E-state index contributed by atoms with van der Waals surface area (Å²) in [4.78, 5) is 10.9. The third kappa shape index (κ3) is 1.38. The van der Waals surface area contributed by atoms with Crippen molar-refractivity contribution < 1.29 is 9.53 Å². The van der Waals surface area contributed by atoms with Crippen molar-refractivity contribution in [1.82, 2.24) is 0 Å². The number of rotatable bonds is 1. The molecule has 0 aromatic rings. The molecule has 0 N–H and O–H groups in total. The number of carbonyl (C=O) groups is 1. The van der Waals surface area contributed by atoms with Crippen LogP contribution in [0.2, 0.25) is 0 Å². The molecular formula is C8H12O2. The summed E-state index contributed by atoms with van der Waals surface area (Å²) in [5, 5.41) is 0. The molecule has 0 aromatic heterocycles. The normalized spacial score (nSPS) is 24.9. The van der Waals surface area contributed by atoms with Crippen molar-refractivity contribution in [3.8, 4) is 0 Å². The minimum atomic E-state index is -0.0846. The monoisotopic (exact) mass is 140 g/mol. The maximum atomic E-state index is 10.9. The number of methoxy groups -OCH3 is 1. The second kappa shape index (κ2) is 2.86. The van der Waals surface area contributed by atoms with Crippen LogP contribution >= 0.6 is 0 Å². The van der Waals surface area contributed by atoms with Crippen molar-refractivity contribution in [3.05, 3.63) is 12.2 Å². The fraction of sp³-hybridized carbons (Fsp3) is 0.625. The first-order valence-electron chi connectivity index (χ1n) is 3.48. The van der Waals surface area contributed by atoms with E-state index in [0.717, 1.165) is 19.3 Å². The lowest BCUT2D eigenvalue weighted by Gasteiger charge is -2.03. The van der Waals surface area contributed by atoms with E-state index in [-0.39, 0.29) is 11.9 Å². The van der Waals surface area contributed by atoms with E-state index in [4.69, 9.17) is 0 Å². The Balaban J connectivity index is 2.44. The zero-order valence-corrected chi connectivity index (χ0v) is 6.22. The number of hydrogen-bond donors (Lipinski definition) is 0. The zero-order valence-electron chi connectivity index (χ0n) is 6.22. The third-order valence-electron chi connectivity index (χ3n) is 1.92. The molecule has 1 rings (SSSR count). The molecule has 0 heterocycles. The Morgan fingerprint density at radius 2 is 2.50 bits per heavy atom. The van der Waals surface area contributed by atoms with Crippen LogP contribution in [-0.2, 0) is 9.53 Å². The van der Waals surface area contributed by atoms with Gasteiger partial charge in [0, 0.05) is 0 Å². The van der Waals surface area contributed by atoms with Crippen LogP contribution in [0.1, 0.15) is 19.3 Å². The summed E-state index contributed by atoms with van der Waals surface area (Å²) < 4.78 is 4.60. The Hall–Kier alpha value is -0.790. The summed E-state index contributed by atoms with van der Waals surface area (Å²) in [6.45, 7) is 3.81. The molecule has 0 saturated heterocycles. The van der Waals surface area contributed by atoms with Crippen LogP contribution in [0.5, 0.6) is 0 Å². The van der Waals surface area contributed by atoms with Crippen molar-refractivity contribution in [2.45, 2.75) is 19.3 Å². The minimum Gasteiger partial charge on any atom is -0.469 e. The van der Waals surface area contributed by atoms with Gasteiger partial charge in [0.25, 0.3) is 0 Å². The van der Waals surface area contributed by atoms with Gasteiger partial charge in [0.15, 0.2) is 0 Å². The fourth-order valence-electron chi connectivity index (χ4n) is 1.30. The summed E-state index contributed by atoms with van der Waals surface area (Å²) in [5.41, 5.74) is 1.18. The Morgan fingerprint density at radius 3 is 2.90 bits per heavy atom. The molecule has 56 valence electrons. The number of hydrogen-bond acceptors (Lipinski definition) is 2. The van der Waals surface area contributed by atoms with Crippen LogP contribution < -0.4 is 0 Å². The van der Waals surface area contributed by atoms with Gasteiger partial charge in [-0.05, 0) is 19.3 Å². The average Bonchev–Trinajstić information content (AvgIpc) is 2.34. The second-order valence-electron chi connectivity index (χ2n) is 2.71. The van der Waals surface area contributed by atoms with E-state index in [1.807, 2.05) is 0 Å². The van der Waals surface area contributed by atoms with Crippen molar-refractivity contribution in [2.75, 3.05) is 7.11 Å². The van der Waals surface area contributed by atoms with Crippen LogP contribution in [0.4, 0.5) is 0 Å². The second-order valence-corrected chi connectivity index (χ2v) is 2.71. The minimum absolute atomic E-state index is 0.0846. The molecule has 1 aliphatic carbocycles. The topological polar surface area (TPSA) is 26.3 Å². The maximum Gasteiger partial charge on any atom is 0.308 e. The highest BCUT2D eigenvalue weighted by Crippen LogP contribution is 2.29. The van der Waals surface area contributed by atoms with Gasteiger partial charge < -0.3 is 4.74 Å². The van der Waals surface area contributed by atoms with Crippen LogP contribution in [-0.4, -0.2) is 13.1 Å². The first-order chi connectivity index (χ1) is 4.74. The average molecular weight is 140 g/mol. The van der Waals surface area contributed by atoms with Crippen molar-refractivity contribution in [1.29, 1.82) is 0 Å². The summed E-state index contributed by atoms with van der Waals surface area (Å²) in [6.07, 6.45) is 2.73. The summed E-state index contributed by atoms with van der Waals surface area (Å²) in [7, 11) is 1.43. The van der Waals surface area contributed by atoms with Gasteiger partial charge in [-0.2, -0.15) is 0 Å². The van der Waals surface area contributed by atoms with Gasteiger partial charge in [0.05, 0.1) is 13.0 Å². The Kier molecular flexibility index (Phi) is 2.10. The smallest absolute Gasteiger partial charge is 0.308 e. The first kappa shape index (κ1) is 7.32. The molecule has 1 atom stereocenters. The molecule has 0 aliphatic heterocycles. The van der Waals surface area contributed by atoms with Gasteiger partial charge >= 0.3 is 5.97 Å². The molecule has 2 nitrogen and oxygen atoms in total. The maximum absolute atomic E-state index is 10.9. The number of ether oxygens (including phenoxy) is 1. The summed E-state index contributed by atoms with van der Waals surface area (Å²) >= 11 is 0. The van der Waals surface area contributed by atoms with E-state index in [0.29, 0.717) is 0 Å². The van der Waals surface area contributed by atoms with Gasteiger partial charge in [0.1, 0.15) is 0 Å². The molecule has 0 aromatic carbocycles. The molecule has 0 spiro atoms. The van der Waals surface area contributed by atoms with E-state index >= 15 is 0 Å². The van der Waals surface area contributed by atoms with E-state index in [2.05, 4.69) is 11.3 Å². The van der Waals surface area contributed by atoms with Gasteiger partial charge in [-0.1, -0.05) is 12.2 Å². The fourth-order valence-corrected chi connectivity index (χ4v) is 1.30. The Bertz CT molecular complexity index is 161. The Labute approximate surface area is 60.9 Å². The van der Waals surface area contributed by atoms with E-state index < -0.39 is 0 Å². The lowest BCUT2D eigenvalue weighted by atomic mass is 10.1. The van der Waals surface area contributed by atoms with Gasteiger partial charge in [0.2, 0.25) is 0 Å². The summed E-state index contributed by atoms with van der Waals surface area (Å²) in [5.74, 6) is 0.0103. The Morgan fingerprint density at radius 1 is 1.80 bits per heavy atom. The predicted octanol–water partition coefficient (Wildman–Crippen LogP) is 1.52. The van der Waals surface area contributed by atoms with Gasteiger partial charge in [-0.25, -0.2) is 0 Å². The number of allylic oxidation sites excluding steroid dienone is 1. The molecule has 0 amide bonds. The lowest BCUT2D eigenvalue weighted by Crippen LogP contribution is -2.11. The molecule has 10 heavy (non-hydrogen) atoms. The van der Waals surface area contributed by atoms with E-state index in [1.54, 1.807) is 0 Å². The van der Waals surface area contributed by atoms with E-state index in [9.17, 15) is 4.79 Å². The van der Waals surface area contributed by atoms with E-state index in [1.165, 1.54) is 12.7 Å².